The Morgan fingerprint density at radius 1 is 1.03 bits per heavy atom. The number of hydrogen-bond acceptors (Lipinski definition) is 3. The molecule has 1 aliphatic rings. The molecular weight excluding hydrogens is 477 g/mol. The average Bonchev–Trinajstić information content (AvgIpc) is 2.79. The Labute approximate surface area is 204 Å². The maximum Gasteiger partial charge on any atom is 0.305 e. The number of hydrogen-bond donors (Lipinski definition) is 0. The molecular formula is C26H45NO2Sn. The number of nitrogens with zero attached hydrogens (tertiary/aromatic N) is 1. The molecule has 30 heavy (non-hydrogen) atoms. The van der Waals surface area contributed by atoms with E-state index >= 15 is 0 Å². The Morgan fingerprint density at radius 2 is 1.53 bits per heavy atom. The minimum absolute atomic E-state index is 0. The second-order valence-corrected chi connectivity index (χ2v) is 6.68. The van der Waals surface area contributed by atoms with E-state index in [0.717, 1.165) is 24.0 Å². The molecule has 4 heteroatoms. The second kappa shape index (κ2) is 32.4. The van der Waals surface area contributed by atoms with Crippen LogP contribution >= 0.6 is 0 Å². The Hall–Kier alpha value is -1.24. The van der Waals surface area contributed by atoms with E-state index in [2.05, 4.69) is 58.1 Å². The normalized spacial score (nSPS) is 10.6. The van der Waals surface area contributed by atoms with E-state index in [1.807, 2.05) is 24.3 Å². The molecule has 4 radical (unpaired) electrons. The molecule has 0 unspecified atom stereocenters. The van der Waals surface area contributed by atoms with Crippen molar-refractivity contribution in [3.05, 3.63) is 41.2 Å². The fourth-order valence-corrected chi connectivity index (χ4v) is 1.43. The van der Waals surface area contributed by atoms with Gasteiger partial charge in [0.15, 0.2) is 0 Å². The van der Waals surface area contributed by atoms with Gasteiger partial charge in [-0.25, -0.2) is 0 Å². The van der Waals surface area contributed by atoms with Gasteiger partial charge in [-0.3, -0.25) is 4.79 Å². The van der Waals surface area contributed by atoms with Crippen LogP contribution in [0.1, 0.15) is 106 Å². The smallest absolute Gasteiger partial charge is 0.305 e. The molecule has 1 aliphatic carbocycles. The molecule has 0 aromatic carbocycles. The van der Waals surface area contributed by atoms with Crippen molar-refractivity contribution in [1.82, 2.24) is 0 Å². The van der Waals surface area contributed by atoms with Gasteiger partial charge in [0.2, 0.25) is 0 Å². The van der Waals surface area contributed by atoms with E-state index in [4.69, 9.17) is 5.26 Å². The van der Waals surface area contributed by atoms with Crippen molar-refractivity contribution in [2.75, 3.05) is 7.11 Å². The number of allylic oxidation sites excluding steroid dienone is 5. The quantitative estimate of drug-likeness (QED) is 0.148. The number of methoxy groups -OCH3 is 1. The minimum atomic E-state index is -0.182. The summed E-state index contributed by atoms with van der Waals surface area (Å²) in [6, 6.07) is 2.13. The Bertz CT molecular complexity index is 520. The number of esters is 1. The molecule has 0 bridgehead atoms. The van der Waals surface area contributed by atoms with Crippen molar-refractivity contribution in [2.24, 2.45) is 0 Å². The van der Waals surface area contributed by atoms with Crippen LogP contribution in [0.3, 0.4) is 0 Å². The van der Waals surface area contributed by atoms with Crippen molar-refractivity contribution in [1.29, 1.82) is 5.26 Å². The monoisotopic (exact) mass is 523 g/mol. The van der Waals surface area contributed by atoms with Gasteiger partial charge in [0.1, 0.15) is 0 Å². The van der Waals surface area contributed by atoms with E-state index in [0.29, 0.717) is 12.8 Å². The number of carbonyl (C=O) groups is 1. The third kappa shape index (κ3) is 31.5. The number of unbranched alkanes of at least 4 members (excludes halogenated alkanes) is 4. The summed E-state index contributed by atoms with van der Waals surface area (Å²) in [6.07, 6.45) is 18.1. The molecule has 170 valence electrons. The van der Waals surface area contributed by atoms with Gasteiger partial charge < -0.3 is 4.74 Å². The summed E-state index contributed by atoms with van der Waals surface area (Å²) >= 11 is 0. The van der Waals surface area contributed by atoms with Crippen molar-refractivity contribution >= 4 is 29.9 Å². The van der Waals surface area contributed by atoms with Crippen molar-refractivity contribution in [3.8, 4) is 6.07 Å². The summed E-state index contributed by atoms with van der Waals surface area (Å²) in [5.41, 5.74) is 4.89. The van der Waals surface area contributed by atoms with Gasteiger partial charge in [-0.1, -0.05) is 92.2 Å². The Kier molecular flexibility index (Phi) is 39.1. The van der Waals surface area contributed by atoms with E-state index in [1.54, 1.807) is 0 Å². The van der Waals surface area contributed by atoms with Crippen LogP contribution in [0.4, 0.5) is 0 Å². The van der Waals surface area contributed by atoms with E-state index in [1.165, 1.54) is 45.6 Å². The SMILES string of the molecule is CCCC.CCCC.CCCC.COC(=O)CCCC=C=C1C=CC=C(C#N)C1.[Sn]. The fourth-order valence-electron chi connectivity index (χ4n) is 1.43. The van der Waals surface area contributed by atoms with Crippen LogP contribution in [0, 0.1) is 11.3 Å². The number of nitriles is 1. The molecule has 3 nitrogen and oxygen atoms in total. The van der Waals surface area contributed by atoms with Gasteiger partial charge in [-0.2, -0.15) is 5.26 Å². The average molecular weight is 522 g/mol. The van der Waals surface area contributed by atoms with Crippen molar-refractivity contribution < 1.29 is 9.53 Å². The Morgan fingerprint density at radius 3 is 1.93 bits per heavy atom. The number of rotatable bonds is 7. The molecule has 0 amide bonds. The van der Waals surface area contributed by atoms with Crippen LogP contribution in [0.25, 0.3) is 0 Å². The van der Waals surface area contributed by atoms with Gasteiger partial charge in [-0.15, -0.1) is 5.73 Å². The summed E-state index contributed by atoms with van der Waals surface area (Å²) in [7, 11) is 1.39. The van der Waals surface area contributed by atoms with Gasteiger partial charge in [-0.05, 0) is 30.6 Å². The van der Waals surface area contributed by atoms with Crippen LogP contribution in [0.15, 0.2) is 41.2 Å². The van der Waals surface area contributed by atoms with E-state index in [9.17, 15) is 4.79 Å². The molecule has 0 fully saturated rings. The Balaban J connectivity index is -0.000000215. The second-order valence-electron chi connectivity index (χ2n) is 6.68. The molecule has 0 aromatic rings. The van der Waals surface area contributed by atoms with E-state index < -0.39 is 0 Å². The zero-order valence-corrected chi connectivity index (χ0v) is 23.5. The summed E-state index contributed by atoms with van der Waals surface area (Å²) in [4.78, 5) is 10.8. The van der Waals surface area contributed by atoms with Gasteiger partial charge >= 0.3 is 5.97 Å². The first-order valence-electron chi connectivity index (χ1n) is 11.3. The summed E-state index contributed by atoms with van der Waals surface area (Å²) < 4.78 is 4.54. The molecule has 0 atom stereocenters. The first kappa shape index (κ1) is 36.2. The topological polar surface area (TPSA) is 50.1 Å². The minimum Gasteiger partial charge on any atom is -0.469 e. The molecule has 0 N–H and O–H groups in total. The zero-order valence-electron chi connectivity index (χ0n) is 20.6. The summed E-state index contributed by atoms with van der Waals surface area (Å²) in [5.74, 6) is -0.182. The summed E-state index contributed by atoms with van der Waals surface area (Å²) in [6.45, 7) is 13.1. The molecule has 0 spiro atoms. The third-order valence-electron chi connectivity index (χ3n) is 3.86. The van der Waals surface area contributed by atoms with Crippen LogP contribution < -0.4 is 0 Å². The fraction of sp³-hybridized carbons (Fsp3) is 0.654. The van der Waals surface area contributed by atoms with Crippen molar-refractivity contribution in [3.63, 3.8) is 0 Å². The predicted octanol–water partition coefficient (Wildman–Crippen LogP) is 7.86. The molecule has 0 saturated carbocycles. The van der Waals surface area contributed by atoms with Crippen LogP contribution in [-0.2, 0) is 9.53 Å². The summed E-state index contributed by atoms with van der Waals surface area (Å²) in [5, 5.41) is 8.75. The molecule has 0 saturated heterocycles. The van der Waals surface area contributed by atoms with Crippen molar-refractivity contribution in [2.45, 2.75) is 106 Å². The van der Waals surface area contributed by atoms with Gasteiger partial charge in [0.05, 0.1) is 13.2 Å². The third-order valence-corrected chi connectivity index (χ3v) is 3.86. The molecule has 0 heterocycles. The van der Waals surface area contributed by atoms with Gasteiger partial charge in [0.25, 0.3) is 0 Å². The number of carbonyl (C=O) groups excluding carboxylic acids is 1. The van der Waals surface area contributed by atoms with Crippen LogP contribution in [0.5, 0.6) is 0 Å². The van der Waals surface area contributed by atoms with Gasteiger partial charge in [0, 0.05) is 42.3 Å². The largest absolute Gasteiger partial charge is 0.469 e. The maximum atomic E-state index is 10.8. The first-order chi connectivity index (χ1) is 14.0. The predicted molar refractivity (Wildman–Crippen MR) is 132 cm³/mol. The maximum absolute atomic E-state index is 10.8. The molecule has 0 aliphatic heterocycles. The zero-order chi connectivity index (χ0) is 22.8. The first-order valence-corrected chi connectivity index (χ1v) is 11.3. The van der Waals surface area contributed by atoms with Crippen LogP contribution in [-0.4, -0.2) is 37.0 Å². The van der Waals surface area contributed by atoms with Crippen LogP contribution in [0.2, 0.25) is 0 Å². The molecule has 0 aromatic heterocycles. The molecule has 1 rings (SSSR count). The van der Waals surface area contributed by atoms with E-state index in [-0.39, 0.29) is 29.9 Å². The number of ether oxygens (including phenoxy) is 1. The standard InChI is InChI=1S/C14H15NO2.3C4H10.Sn/c1-17-14(16)9-4-2-3-6-12-7-5-8-13(10-12)11-15;3*1-3-4-2;/h3,5,7-8H,2,4,9-10H2,1H3;3*3-4H2,1-2H3;.